The molecule has 0 spiro atoms. The van der Waals surface area contributed by atoms with Crippen molar-refractivity contribution in [2.75, 3.05) is 5.06 Å². The SMILES string of the molecule is CC(=O)C1=C(N2C(=O)[C@H]3[C@@H](c4ccc(Cl)cc4Cl)N(c4cccc([N+](=O)[O-])c4)O[C@H]3C2=O)S[C@@H]2C[C@@H](C(C)(C)C)CC[C@H]12. The van der Waals surface area contributed by atoms with Crippen LogP contribution in [0.2, 0.25) is 10.0 Å². The molecule has 2 saturated heterocycles. The van der Waals surface area contributed by atoms with E-state index in [1.165, 1.54) is 48.0 Å². The van der Waals surface area contributed by atoms with E-state index in [0.29, 0.717) is 32.8 Å². The summed E-state index contributed by atoms with van der Waals surface area (Å²) in [7, 11) is 0. The lowest BCUT2D eigenvalue weighted by Gasteiger charge is -2.39. The van der Waals surface area contributed by atoms with Gasteiger partial charge in [0.15, 0.2) is 11.9 Å². The van der Waals surface area contributed by atoms with E-state index < -0.39 is 34.8 Å². The normalized spacial score (nSPS) is 28.9. The minimum atomic E-state index is -1.21. The van der Waals surface area contributed by atoms with Crippen molar-refractivity contribution in [3.05, 3.63) is 78.8 Å². The zero-order valence-electron chi connectivity index (χ0n) is 24.1. The number of rotatable bonds is 5. The van der Waals surface area contributed by atoms with Crippen molar-refractivity contribution in [2.24, 2.45) is 23.2 Å². The molecule has 6 rings (SSSR count). The minimum absolute atomic E-state index is 0.0269. The Morgan fingerprint density at radius 2 is 1.84 bits per heavy atom. The van der Waals surface area contributed by atoms with Crippen molar-refractivity contribution in [3.63, 3.8) is 0 Å². The quantitative estimate of drug-likeness (QED) is 0.192. The number of thioether (sulfide) groups is 1. The van der Waals surface area contributed by atoms with Gasteiger partial charge in [-0.2, -0.15) is 0 Å². The maximum atomic E-state index is 14.4. The third-order valence-corrected chi connectivity index (χ3v) is 11.2. The third kappa shape index (κ3) is 5.06. The van der Waals surface area contributed by atoms with Gasteiger partial charge in [-0.25, -0.2) is 9.96 Å². The highest BCUT2D eigenvalue weighted by molar-refractivity contribution is 8.04. The Morgan fingerprint density at radius 3 is 2.49 bits per heavy atom. The average Bonchev–Trinajstić information content (AvgIpc) is 3.58. The largest absolute Gasteiger partial charge is 0.295 e. The van der Waals surface area contributed by atoms with Crippen molar-refractivity contribution in [3.8, 4) is 0 Å². The molecule has 3 aliphatic heterocycles. The number of ketones is 1. The van der Waals surface area contributed by atoms with E-state index in [0.717, 1.165) is 24.2 Å². The van der Waals surface area contributed by atoms with Gasteiger partial charge in [0.25, 0.3) is 11.6 Å². The predicted octanol–water partition coefficient (Wildman–Crippen LogP) is 7.13. The zero-order chi connectivity index (χ0) is 31.0. The van der Waals surface area contributed by atoms with Crippen LogP contribution in [0.3, 0.4) is 0 Å². The smallest absolute Gasteiger partial charge is 0.271 e. The monoisotopic (exact) mass is 643 g/mol. The number of hydroxylamine groups is 1. The second-order valence-electron chi connectivity index (χ2n) is 12.7. The van der Waals surface area contributed by atoms with E-state index in [-0.39, 0.29) is 33.1 Å². The Kier molecular flexibility index (Phi) is 7.64. The second kappa shape index (κ2) is 10.9. The highest BCUT2D eigenvalue weighted by atomic mass is 35.5. The molecule has 43 heavy (non-hydrogen) atoms. The third-order valence-electron chi connectivity index (χ3n) is 9.15. The fourth-order valence-corrected chi connectivity index (χ4v) is 9.25. The highest BCUT2D eigenvalue weighted by Crippen LogP contribution is 2.57. The van der Waals surface area contributed by atoms with Gasteiger partial charge in [0.1, 0.15) is 5.92 Å². The molecule has 2 amide bonds. The van der Waals surface area contributed by atoms with Crippen LogP contribution in [-0.4, -0.2) is 38.8 Å². The number of anilines is 1. The molecule has 1 aliphatic carbocycles. The first-order chi connectivity index (χ1) is 20.3. The molecule has 0 aromatic heterocycles. The van der Waals surface area contributed by atoms with E-state index in [2.05, 4.69) is 20.8 Å². The summed E-state index contributed by atoms with van der Waals surface area (Å²) in [6.45, 7) is 8.16. The summed E-state index contributed by atoms with van der Waals surface area (Å²) < 4.78 is 0. The van der Waals surface area contributed by atoms with E-state index in [4.69, 9.17) is 28.0 Å². The lowest BCUT2D eigenvalue weighted by atomic mass is 9.68. The maximum absolute atomic E-state index is 14.4. The standard InChI is InChI=1S/C31H31Cl2N3O6S/c1-15(37)24-21-10-8-16(31(2,3)4)12-23(21)43-30(24)34-28(38)25-26(20-11-9-17(32)13-22(20)33)35(42-27(25)29(34)39)18-6-5-7-19(14-18)36(40)41/h5-7,9,11,13-14,16,21,23,25-27H,8,10,12H2,1-4H3/t16-,21-,23+,25-,26+,27+/m0/s1. The van der Waals surface area contributed by atoms with Crippen LogP contribution < -0.4 is 5.06 Å². The molecule has 2 aromatic carbocycles. The summed E-state index contributed by atoms with van der Waals surface area (Å²) in [5.41, 5.74) is 1.25. The molecule has 0 radical (unpaired) electrons. The highest BCUT2D eigenvalue weighted by Gasteiger charge is 2.62. The molecule has 12 heteroatoms. The van der Waals surface area contributed by atoms with Gasteiger partial charge >= 0.3 is 0 Å². The topological polar surface area (TPSA) is 110 Å². The molecule has 3 fully saturated rings. The van der Waals surface area contributed by atoms with Gasteiger partial charge < -0.3 is 0 Å². The number of carbonyl (C=O) groups excluding carboxylic acids is 3. The summed E-state index contributed by atoms with van der Waals surface area (Å²) in [5.74, 6) is -1.78. The van der Waals surface area contributed by atoms with E-state index in [9.17, 15) is 24.5 Å². The number of carbonyl (C=O) groups is 3. The number of allylic oxidation sites excluding steroid dienone is 1. The van der Waals surface area contributed by atoms with Crippen molar-refractivity contribution in [1.82, 2.24) is 4.90 Å². The summed E-state index contributed by atoms with van der Waals surface area (Å²) in [5, 5.41) is 14.0. The molecule has 3 heterocycles. The molecule has 2 aromatic rings. The average molecular weight is 645 g/mol. The Hall–Kier alpha value is -2.92. The van der Waals surface area contributed by atoms with Crippen molar-refractivity contribution in [2.45, 2.75) is 64.4 Å². The number of nitro groups is 1. The summed E-state index contributed by atoms with van der Waals surface area (Å²) in [6, 6.07) is 9.72. The first-order valence-corrected chi connectivity index (χ1v) is 15.9. The number of likely N-dealkylation sites (tertiary alicyclic amines) is 1. The number of fused-ring (bicyclic) bond motifs is 2. The van der Waals surface area contributed by atoms with Gasteiger partial charge in [-0.1, -0.05) is 56.1 Å². The van der Waals surface area contributed by atoms with Gasteiger partial charge in [-0.15, -0.1) is 11.8 Å². The van der Waals surface area contributed by atoms with Crippen LogP contribution >= 0.6 is 35.0 Å². The number of nitrogens with zero attached hydrogens (tertiary/aromatic N) is 3. The van der Waals surface area contributed by atoms with Crippen molar-refractivity contribution >= 4 is 63.9 Å². The number of benzene rings is 2. The van der Waals surface area contributed by atoms with Crippen LogP contribution in [0, 0.1) is 33.3 Å². The fraction of sp³-hybridized carbons (Fsp3) is 0.452. The van der Waals surface area contributed by atoms with Gasteiger partial charge in [-0.3, -0.25) is 29.3 Å². The Bertz CT molecular complexity index is 1590. The van der Waals surface area contributed by atoms with E-state index in [1.54, 1.807) is 18.2 Å². The Morgan fingerprint density at radius 1 is 1.09 bits per heavy atom. The number of imide groups is 1. The molecule has 0 unspecified atom stereocenters. The molecule has 0 bridgehead atoms. The van der Waals surface area contributed by atoms with E-state index >= 15 is 0 Å². The van der Waals surface area contributed by atoms with Crippen LogP contribution in [0.4, 0.5) is 11.4 Å². The van der Waals surface area contributed by atoms with Gasteiger partial charge in [0, 0.05) is 38.9 Å². The second-order valence-corrected chi connectivity index (χ2v) is 14.8. The molecular weight excluding hydrogens is 613 g/mol. The van der Waals surface area contributed by atoms with Crippen LogP contribution in [0.5, 0.6) is 0 Å². The summed E-state index contributed by atoms with van der Waals surface area (Å²) in [4.78, 5) is 59.8. The lowest BCUT2D eigenvalue weighted by molar-refractivity contribution is -0.384. The molecule has 6 atom stereocenters. The van der Waals surface area contributed by atoms with Crippen LogP contribution in [0.15, 0.2) is 53.1 Å². The lowest BCUT2D eigenvalue weighted by Crippen LogP contribution is -2.36. The Labute approximate surface area is 263 Å². The molecule has 4 aliphatic rings. The maximum Gasteiger partial charge on any atom is 0.271 e. The minimum Gasteiger partial charge on any atom is -0.295 e. The predicted molar refractivity (Wildman–Crippen MR) is 164 cm³/mol. The first kappa shape index (κ1) is 30.1. The molecular formula is C31H31Cl2N3O6S. The number of amides is 2. The zero-order valence-corrected chi connectivity index (χ0v) is 26.4. The summed E-state index contributed by atoms with van der Waals surface area (Å²) in [6.07, 6.45) is 1.47. The first-order valence-electron chi connectivity index (χ1n) is 14.2. The molecule has 226 valence electrons. The van der Waals surface area contributed by atoms with Gasteiger partial charge in [0.2, 0.25) is 5.91 Å². The number of hydrogen-bond acceptors (Lipinski definition) is 8. The Balaban J connectivity index is 1.40. The molecule has 1 saturated carbocycles. The van der Waals surface area contributed by atoms with Crippen molar-refractivity contribution < 1.29 is 24.1 Å². The molecule has 9 nitrogen and oxygen atoms in total. The van der Waals surface area contributed by atoms with Gasteiger partial charge in [0.05, 0.1) is 21.7 Å². The number of non-ortho nitro benzene ring substituents is 1. The number of nitro benzene ring substituents is 1. The number of hydrogen-bond donors (Lipinski definition) is 0. The van der Waals surface area contributed by atoms with Crippen LogP contribution in [0.1, 0.15) is 58.6 Å². The summed E-state index contributed by atoms with van der Waals surface area (Å²) >= 11 is 14.3. The molecule has 0 N–H and O–H groups in total. The fourth-order valence-electron chi connectivity index (χ4n) is 6.97. The number of halogens is 2. The van der Waals surface area contributed by atoms with Crippen LogP contribution in [0.25, 0.3) is 0 Å². The number of Topliss-reactive ketones (excluding diaryl/α,β-unsaturated/α-hetero) is 1. The van der Waals surface area contributed by atoms with Gasteiger partial charge in [-0.05, 0) is 61.3 Å². The van der Waals surface area contributed by atoms with Crippen LogP contribution in [-0.2, 0) is 19.2 Å². The van der Waals surface area contributed by atoms with Crippen molar-refractivity contribution in [1.29, 1.82) is 0 Å². The van der Waals surface area contributed by atoms with E-state index in [1.807, 2.05) is 0 Å².